The smallest absolute Gasteiger partial charge is 0.407 e. The maximum absolute atomic E-state index is 12.8. The van der Waals surface area contributed by atoms with E-state index in [1.165, 1.54) is 0 Å². The molecule has 0 saturated heterocycles. The van der Waals surface area contributed by atoms with E-state index < -0.39 is 30.4 Å². The lowest BCUT2D eigenvalue weighted by atomic mass is 9.79. The van der Waals surface area contributed by atoms with Gasteiger partial charge in [0.2, 0.25) is 5.91 Å². The van der Waals surface area contributed by atoms with Crippen LogP contribution in [-0.4, -0.2) is 41.8 Å². The summed E-state index contributed by atoms with van der Waals surface area (Å²) in [6.07, 6.45) is 1.40. The molecule has 0 heterocycles. The van der Waals surface area contributed by atoms with E-state index in [1.807, 2.05) is 48.5 Å². The van der Waals surface area contributed by atoms with Gasteiger partial charge in [-0.25, -0.2) is 4.79 Å². The Balaban J connectivity index is 1.38. The van der Waals surface area contributed by atoms with Crippen molar-refractivity contribution in [2.75, 3.05) is 6.61 Å². The number of rotatable bonds is 7. The molecule has 2 aromatic carbocycles. The Hall–Kier alpha value is -3.35. The highest BCUT2D eigenvalue weighted by Crippen LogP contribution is 2.44. The summed E-state index contributed by atoms with van der Waals surface area (Å²) in [5.74, 6) is -0.683. The first-order chi connectivity index (χ1) is 16.3. The van der Waals surface area contributed by atoms with Gasteiger partial charge in [-0.2, -0.15) is 0 Å². The molecular weight excluding hydrogens is 432 g/mol. The quantitative estimate of drug-likeness (QED) is 0.566. The van der Waals surface area contributed by atoms with Gasteiger partial charge in [0.1, 0.15) is 12.6 Å². The Kier molecular flexibility index (Phi) is 7.20. The lowest BCUT2D eigenvalue weighted by Crippen LogP contribution is -2.51. The zero-order chi connectivity index (χ0) is 24.2. The molecule has 3 N–H and O–H groups in total. The van der Waals surface area contributed by atoms with Gasteiger partial charge in [-0.15, -0.1) is 0 Å². The third-order valence-corrected chi connectivity index (χ3v) is 7.28. The molecule has 34 heavy (non-hydrogen) atoms. The second-order valence-corrected chi connectivity index (χ2v) is 9.59. The van der Waals surface area contributed by atoms with E-state index in [-0.39, 0.29) is 18.6 Å². The molecular formula is C27H32N2O5. The number of carbonyl (C=O) groups excluding carboxylic acids is 2. The van der Waals surface area contributed by atoms with E-state index in [4.69, 9.17) is 4.74 Å². The fourth-order valence-corrected chi connectivity index (χ4v) is 5.15. The third kappa shape index (κ3) is 5.24. The summed E-state index contributed by atoms with van der Waals surface area (Å²) in [5, 5.41) is 14.7. The molecule has 7 heteroatoms. The first kappa shape index (κ1) is 23.8. The van der Waals surface area contributed by atoms with Crippen molar-refractivity contribution in [2.45, 2.75) is 57.5 Å². The number of amides is 2. The van der Waals surface area contributed by atoms with Gasteiger partial charge in [0.15, 0.2) is 0 Å². The lowest BCUT2D eigenvalue weighted by molar-refractivity contribution is -0.140. The van der Waals surface area contributed by atoms with Crippen molar-refractivity contribution in [1.29, 1.82) is 0 Å². The van der Waals surface area contributed by atoms with E-state index in [9.17, 15) is 19.5 Å². The van der Waals surface area contributed by atoms with Gasteiger partial charge < -0.3 is 20.5 Å². The van der Waals surface area contributed by atoms with Gasteiger partial charge in [-0.3, -0.25) is 9.59 Å². The van der Waals surface area contributed by atoms with E-state index in [0.29, 0.717) is 11.8 Å². The SMILES string of the molecule is CC1CCC(NC(=O)C(CC(=O)O)NC(=O)OCC2c3ccccc3-c3ccccc32)CC1C. The summed E-state index contributed by atoms with van der Waals surface area (Å²) in [4.78, 5) is 36.8. The molecule has 4 unspecified atom stereocenters. The van der Waals surface area contributed by atoms with Crippen LogP contribution in [0.4, 0.5) is 4.79 Å². The van der Waals surface area contributed by atoms with Gasteiger partial charge >= 0.3 is 12.1 Å². The number of benzene rings is 2. The number of carboxylic acids is 1. The average Bonchev–Trinajstić information content (AvgIpc) is 3.13. The molecule has 0 aliphatic heterocycles. The maximum atomic E-state index is 12.8. The number of ether oxygens (including phenoxy) is 1. The summed E-state index contributed by atoms with van der Waals surface area (Å²) < 4.78 is 5.50. The summed E-state index contributed by atoms with van der Waals surface area (Å²) in [7, 11) is 0. The second kappa shape index (κ2) is 10.3. The zero-order valence-corrected chi connectivity index (χ0v) is 19.6. The Morgan fingerprint density at radius 3 is 2.18 bits per heavy atom. The molecule has 180 valence electrons. The standard InChI is InChI=1S/C27H32N2O5/c1-16-11-12-18(13-17(16)2)28-26(32)24(14-25(30)31)29-27(33)34-15-23-21-9-5-3-7-19(21)20-8-4-6-10-22(20)23/h3-10,16-18,23-24H,11-15H2,1-2H3,(H,28,32)(H,29,33)(H,30,31). The minimum atomic E-state index is -1.19. The summed E-state index contributed by atoms with van der Waals surface area (Å²) >= 11 is 0. The van der Waals surface area contributed by atoms with Crippen molar-refractivity contribution < 1.29 is 24.2 Å². The lowest BCUT2D eigenvalue weighted by Gasteiger charge is -2.33. The van der Waals surface area contributed by atoms with Crippen LogP contribution in [0.25, 0.3) is 11.1 Å². The maximum Gasteiger partial charge on any atom is 0.407 e. The summed E-state index contributed by atoms with van der Waals surface area (Å²) in [6.45, 7) is 4.46. The molecule has 7 nitrogen and oxygen atoms in total. The highest BCUT2D eigenvalue weighted by Gasteiger charge is 2.32. The van der Waals surface area contributed by atoms with Crippen molar-refractivity contribution in [2.24, 2.45) is 11.8 Å². The van der Waals surface area contributed by atoms with Gasteiger partial charge in [0.25, 0.3) is 0 Å². The van der Waals surface area contributed by atoms with Crippen molar-refractivity contribution in [3.8, 4) is 11.1 Å². The van der Waals surface area contributed by atoms with E-state index >= 15 is 0 Å². The van der Waals surface area contributed by atoms with Crippen molar-refractivity contribution in [3.63, 3.8) is 0 Å². The fraction of sp³-hybridized carbons (Fsp3) is 0.444. The molecule has 2 aliphatic carbocycles. The first-order valence-electron chi connectivity index (χ1n) is 12.0. The molecule has 2 aromatic rings. The zero-order valence-electron chi connectivity index (χ0n) is 19.6. The van der Waals surface area contributed by atoms with Crippen molar-refractivity contribution in [3.05, 3.63) is 59.7 Å². The normalized spacial score (nSPS) is 22.2. The number of hydrogen-bond donors (Lipinski definition) is 3. The van der Waals surface area contributed by atoms with Crippen molar-refractivity contribution in [1.82, 2.24) is 10.6 Å². The van der Waals surface area contributed by atoms with Crippen LogP contribution in [0.5, 0.6) is 0 Å². The molecule has 0 bridgehead atoms. The summed E-state index contributed by atoms with van der Waals surface area (Å²) in [6, 6.07) is 14.8. The van der Waals surface area contributed by atoms with Crippen molar-refractivity contribution >= 4 is 18.0 Å². The molecule has 4 rings (SSSR count). The molecule has 1 fully saturated rings. The Bertz CT molecular complexity index is 1020. The monoisotopic (exact) mass is 464 g/mol. The largest absolute Gasteiger partial charge is 0.481 e. The van der Waals surface area contributed by atoms with Gasteiger partial charge in [-0.1, -0.05) is 62.4 Å². The summed E-state index contributed by atoms with van der Waals surface area (Å²) in [5.41, 5.74) is 4.39. The van der Waals surface area contributed by atoms with Crippen LogP contribution in [0.1, 0.15) is 56.6 Å². The second-order valence-electron chi connectivity index (χ2n) is 9.59. The van der Waals surface area contributed by atoms with Crippen LogP contribution < -0.4 is 10.6 Å². The predicted molar refractivity (Wildman–Crippen MR) is 128 cm³/mol. The molecule has 0 spiro atoms. The minimum absolute atomic E-state index is 0.0145. The number of alkyl carbamates (subject to hydrolysis) is 1. The number of aliphatic carboxylic acids is 1. The third-order valence-electron chi connectivity index (χ3n) is 7.28. The number of fused-ring (bicyclic) bond motifs is 3. The molecule has 0 aromatic heterocycles. The van der Waals surface area contributed by atoms with Crippen LogP contribution in [-0.2, 0) is 14.3 Å². The highest BCUT2D eigenvalue weighted by atomic mass is 16.5. The minimum Gasteiger partial charge on any atom is -0.481 e. The Morgan fingerprint density at radius 1 is 0.971 bits per heavy atom. The van der Waals surface area contributed by atoms with E-state index in [0.717, 1.165) is 41.5 Å². The number of carbonyl (C=O) groups is 3. The number of nitrogens with one attached hydrogen (secondary N) is 2. The van der Waals surface area contributed by atoms with Gasteiger partial charge in [0, 0.05) is 12.0 Å². The molecule has 2 aliphatic rings. The van der Waals surface area contributed by atoms with Crippen LogP contribution in [0.2, 0.25) is 0 Å². The molecule has 1 saturated carbocycles. The van der Waals surface area contributed by atoms with Crippen LogP contribution >= 0.6 is 0 Å². The topological polar surface area (TPSA) is 105 Å². The van der Waals surface area contributed by atoms with Gasteiger partial charge in [-0.05, 0) is 53.4 Å². The number of hydrogen-bond acceptors (Lipinski definition) is 4. The molecule has 2 amide bonds. The first-order valence-corrected chi connectivity index (χ1v) is 12.0. The molecule has 4 atom stereocenters. The Labute approximate surface area is 199 Å². The predicted octanol–water partition coefficient (Wildman–Crippen LogP) is 4.31. The molecule has 0 radical (unpaired) electrons. The van der Waals surface area contributed by atoms with E-state index in [2.05, 4.69) is 24.5 Å². The van der Waals surface area contributed by atoms with Crippen LogP contribution in [0.3, 0.4) is 0 Å². The fourth-order valence-electron chi connectivity index (χ4n) is 5.15. The highest BCUT2D eigenvalue weighted by molar-refractivity contribution is 5.89. The van der Waals surface area contributed by atoms with Crippen LogP contribution in [0, 0.1) is 11.8 Å². The number of carboxylic acid groups (broad SMARTS) is 1. The average molecular weight is 465 g/mol. The van der Waals surface area contributed by atoms with Crippen LogP contribution in [0.15, 0.2) is 48.5 Å². The Morgan fingerprint density at radius 2 is 1.59 bits per heavy atom. The van der Waals surface area contributed by atoms with E-state index in [1.54, 1.807) is 0 Å². The van der Waals surface area contributed by atoms with Gasteiger partial charge in [0.05, 0.1) is 6.42 Å².